The highest BCUT2D eigenvalue weighted by molar-refractivity contribution is 7.80. The lowest BCUT2D eigenvalue weighted by Gasteiger charge is -2.38. The molecule has 2 saturated carbocycles. The van der Waals surface area contributed by atoms with E-state index in [4.69, 9.17) is 4.18 Å². The van der Waals surface area contributed by atoms with Crippen LogP contribution in [0.1, 0.15) is 19.3 Å². The third kappa shape index (κ3) is 3.14. The molecule has 0 spiro atoms. The molecule has 2 fully saturated rings. The molecule has 0 saturated heterocycles. The van der Waals surface area contributed by atoms with E-state index >= 15 is 0 Å². The number of rotatable bonds is 5. The van der Waals surface area contributed by atoms with Gasteiger partial charge in [-0.15, -0.1) is 0 Å². The van der Waals surface area contributed by atoms with Crippen molar-refractivity contribution in [3.05, 3.63) is 34.4 Å². The summed E-state index contributed by atoms with van der Waals surface area (Å²) in [7, 11) is -1.44. The Morgan fingerprint density at radius 2 is 1.87 bits per heavy atom. The van der Waals surface area contributed by atoms with Crippen LogP contribution in [0.2, 0.25) is 25.2 Å². The smallest absolute Gasteiger partial charge is 0.283 e. The van der Waals surface area contributed by atoms with Crippen LogP contribution >= 0.6 is 0 Å². The third-order valence-corrected chi connectivity index (χ3v) is 9.18. The number of nitro groups is 1. The quantitative estimate of drug-likeness (QED) is 0.453. The fourth-order valence-corrected chi connectivity index (χ4v) is 8.71. The molecule has 7 heteroatoms. The van der Waals surface area contributed by atoms with Crippen molar-refractivity contribution in [1.29, 1.82) is 0 Å². The van der Waals surface area contributed by atoms with Crippen molar-refractivity contribution in [3.63, 3.8) is 0 Å². The van der Waals surface area contributed by atoms with Crippen molar-refractivity contribution < 1.29 is 13.3 Å². The fourth-order valence-electron chi connectivity index (χ4n) is 4.48. The molecule has 1 unspecified atom stereocenters. The van der Waals surface area contributed by atoms with E-state index in [2.05, 4.69) is 19.6 Å². The minimum Gasteiger partial charge on any atom is -0.283 e. The maximum Gasteiger partial charge on any atom is 0.287 e. The Kier molecular flexibility index (Phi) is 4.46. The Hall–Kier alpha value is -1.05. The van der Waals surface area contributed by atoms with Gasteiger partial charge in [-0.2, -0.15) is 0 Å². The molecule has 0 radical (unpaired) electrons. The molecule has 5 nitrogen and oxygen atoms in total. The Labute approximate surface area is 140 Å². The Morgan fingerprint density at radius 3 is 2.52 bits per heavy atom. The standard InChI is InChI=1S/C16H23NO4SSi/c1-23(2,3)16-12-9-8-11(10-12)15(16)21-22(20)14-7-5-4-6-13(14)17(18)19/h4-7,11-12,15-16H,8-10H2,1-3H3/t11-,12+,15-,16+,22?/m1/s1. The van der Waals surface area contributed by atoms with E-state index in [0.717, 1.165) is 12.8 Å². The van der Waals surface area contributed by atoms with Crippen LogP contribution in [0.15, 0.2) is 29.2 Å². The molecule has 23 heavy (non-hydrogen) atoms. The molecule has 1 aromatic carbocycles. The van der Waals surface area contributed by atoms with Gasteiger partial charge in [0.2, 0.25) is 0 Å². The second kappa shape index (κ2) is 6.11. The summed E-state index contributed by atoms with van der Waals surface area (Å²) in [5, 5.41) is 11.1. The zero-order valence-corrected chi connectivity index (χ0v) is 15.5. The van der Waals surface area contributed by atoms with E-state index in [1.165, 1.54) is 18.6 Å². The summed E-state index contributed by atoms with van der Waals surface area (Å²) in [4.78, 5) is 10.8. The average molecular weight is 354 g/mol. The SMILES string of the molecule is C[Si](C)(C)[C@H]1[C@H]2CC[C@H](C2)[C@H]1OS(=O)c1ccccc1[N+](=O)[O-]. The van der Waals surface area contributed by atoms with Crippen LogP contribution in [0.3, 0.4) is 0 Å². The molecule has 0 aromatic heterocycles. The zero-order valence-electron chi connectivity index (χ0n) is 13.7. The molecule has 2 bridgehead atoms. The van der Waals surface area contributed by atoms with Crippen LogP contribution in [0.25, 0.3) is 0 Å². The Balaban J connectivity index is 1.84. The summed E-state index contributed by atoms with van der Waals surface area (Å²) in [6, 6.07) is 6.17. The summed E-state index contributed by atoms with van der Waals surface area (Å²) in [6.45, 7) is 7.01. The summed E-state index contributed by atoms with van der Waals surface area (Å²) < 4.78 is 18.6. The van der Waals surface area contributed by atoms with Crippen molar-refractivity contribution in [3.8, 4) is 0 Å². The lowest BCUT2D eigenvalue weighted by atomic mass is 9.97. The van der Waals surface area contributed by atoms with E-state index < -0.39 is 24.1 Å². The van der Waals surface area contributed by atoms with E-state index in [0.29, 0.717) is 17.4 Å². The van der Waals surface area contributed by atoms with Crippen LogP contribution in [0.4, 0.5) is 5.69 Å². The van der Waals surface area contributed by atoms with Gasteiger partial charge in [-0.3, -0.25) is 14.3 Å². The highest BCUT2D eigenvalue weighted by Crippen LogP contribution is 2.57. The number of fused-ring (bicyclic) bond motifs is 2. The molecule has 0 amide bonds. The average Bonchev–Trinajstić information content (AvgIpc) is 3.07. The van der Waals surface area contributed by atoms with Gasteiger partial charge in [0.1, 0.15) is 4.90 Å². The topological polar surface area (TPSA) is 69.4 Å². The molecule has 2 aliphatic carbocycles. The number of para-hydroxylation sites is 1. The minimum absolute atomic E-state index is 0.0129. The third-order valence-electron chi connectivity index (χ3n) is 5.28. The monoisotopic (exact) mass is 353 g/mol. The largest absolute Gasteiger partial charge is 0.287 e. The number of benzene rings is 1. The first kappa shape index (κ1) is 16.8. The van der Waals surface area contributed by atoms with Crippen LogP contribution in [-0.4, -0.2) is 23.3 Å². The van der Waals surface area contributed by atoms with Gasteiger partial charge in [0, 0.05) is 6.07 Å². The normalized spacial score (nSPS) is 31.3. The molecule has 0 N–H and O–H groups in total. The molecule has 5 atom stereocenters. The number of hydrogen-bond acceptors (Lipinski definition) is 4. The van der Waals surface area contributed by atoms with E-state index in [9.17, 15) is 14.3 Å². The Morgan fingerprint density at radius 1 is 1.22 bits per heavy atom. The van der Waals surface area contributed by atoms with Gasteiger partial charge >= 0.3 is 0 Å². The lowest BCUT2D eigenvalue weighted by Crippen LogP contribution is -2.41. The number of nitro benzene ring substituents is 1. The second-order valence-electron chi connectivity index (χ2n) is 7.75. The predicted molar refractivity (Wildman–Crippen MR) is 92.3 cm³/mol. The zero-order chi connectivity index (χ0) is 16.8. The molecule has 0 heterocycles. The van der Waals surface area contributed by atoms with Gasteiger partial charge in [0.25, 0.3) is 5.69 Å². The van der Waals surface area contributed by atoms with Gasteiger partial charge in [-0.1, -0.05) is 31.8 Å². The molecule has 3 rings (SSSR count). The van der Waals surface area contributed by atoms with Crippen molar-refractivity contribution in [2.45, 2.75) is 55.4 Å². The number of hydrogen-bond donors (Lipinski definition) is 0. The predicted octanol–water partition coefficient (Wildman–Crippen LogP) is 4.14. The van der Waals surface area contributed by atoms with Crippen molar-refractivity contribution in [2.75, 3.05) is 0 Å². The first-order valence-electron chi connectivity index (χ1n) is 8.11. The maximum absolute atomic E-state index is 12.7. The first-order chi connectivity index (χ1) is 10.8. The highest BCUT2D eigenvalue weighted by Gasteiger charge is 2.53. The van der Waals surface area contributed by atoms with Crippen LogP contribution in [0.5, 0.6) is 0 Å². The van der Waals surface area contributed by atoms with Gasteiger partial charge in [-0.05, 0) is 42.7 Å². The van der Waals surface area contributed by atoms with Crippen LogP contribution < -0.4 is 0 Å². The van der Waals surface area contributed by atoms with Gasteiger partial charge < -0.3 is 0 Å². The minimum atomic E-state index is -1.78. The van der Waals surface area contributed by atoms with Crippen LogP contribution in [-0.2, 0) is 15.3 Å². The van der Waals surface area contributed by atoms with Crippen molar-refractivity contribution in [1.82, 2.24) is 0 Å². The summed E-state index contributed by atoms with van der Waals surface area (Å²) in [5.41, 5.74) is 0.367. The maximum atomic E-state index is 12.7. The fraction of sp³-hybridized carbons (Fsp3) is 0.625. The van der Waals surface area contributed by atoms with Crippen molar-refractivity contribution >= 4 is 24.8 Å². The van der Waals surface area contributed by atoms with Gasteiger partial charge in [0.15, 0.2) is 11.1 Å². The van der Waals surface area contributed by atoms with E-state index in [1.807, 2.05) is 0 Å². The van der Waals surface area contributed by atoms with Gasteiger partial charge in [-0.25, -0.2) is 4.21 Å². The summed E-state index contributed by atoms with van der Waals surface area (Å²) in [6.07, 6.45) is 3.52. The molecular weight excluding hydrogens is 330 g/mol. The van der Waals surface area contributed by atoms with Crippen LogP contribution in [0, 0.1) is 22.0 Å². The number of nitrogens with zero attached hydrogens (tertiary/aromatic N) is 1. The molecule has 2 aliphatic rings. The van der Waals surface area contributed by atoms with E-state index in [-0.39, 0.29) is 16.7 Å². The van der Waals surface area contributed by atoms with Gasteiger partial charge in [0.05, 0.1) is 19.1 Å². The molecule has 0 aliphatic heterocycles. The van der Waals surface area contributed by atoms with Crippen molar-refractivity contribution in [2.24, 2.45) is 11.8 Å². The molecule has 126 valence electrons. The second-order valence-corrected chi connectivity index (χ2v) is 14.2. The highest BCUT2D eigenvalue weighted by atomic mass is 32.2. The molecular formula is C16H23NO4SSi. The Bertz CT molecular complexity index is 645. The molecule has 1 aromatic rings. The lowest BCUT2D eigenvalue weighted by molar-refractivity contribution is -0.387. The summed E-state index contributed by atoms with van der Waals surface area (Å²) >= 11 is -1.78. The van der Waals surface area contributed by atoms with E-state index in [1.54, 1.807) is 12.1 Å². The summed E-state index contributed by atoms with van der Waals surface area (Å²) in [5.74, 6) is 1.14. The first-order valence-corrected chi connectivity index (χ1v) is 12.8.